The maximum atomic E-state index is 13.3. The van der Waals surface area contributed by atoms with Gasteiger partial charge in [-0.15, -0.1) is 0 Å². The lowest BCUT2D eigenvalue weighted by atomic mass is 10.2. The zero-order valence-electron chi connectivity index (χ0n) is 15.8. The van der Waals surface area contributed by atoms with Crippen LogP contribution in [0.1, 0.15) is 0 Å². The molecule has 4 rings (SSSR count). The smallest absolute Gasteiger partial charge is 0.286 e. The molecule has 2 N–H and O–H groups in total. The molecule has 0 spiro atoms. The number of carbonyl (C=O) groups is 4. The van der Waals surface area contributed by atoms with Gasteiger partial charge in [0.1, 0.15) is 27.2 Å². The quantitative estimate of drug-likeness (QED) is 0.543. The van der Waals surface area contributed by atoms with Crippen LogP contribution in [0.25, 0.3) is 0 Å². The number of benzene rings is 2. The number of imide groups is 1. The molecule has 0 radical (unpaired) electrons. The van der Waals surface area contributed by atoms with E-state index in [9.17, 15) is 24.4 Å². The number of carbonyl (C=O) groups excluding carboxylic acids is 4. The molecule has 0 saturated carbocycles. The minimum Gasteiger partial charge on any atom is -0.321 e. The first-order valence-electron chi connectivity index (χ1n) is 9.07. The van der Waals surface area contributed by atoms with Crippen molar-refractivity contribution >= 4 is 57.9 Å². The monoisotopic (exact) mass is 450 g/mol. The number of nitrogens with one attached hydrogen (secondary N) is 2. The van der Waals surface area contributed by atoms with Gasteiger partial charge in [-0.05, 0) is 36.0 Å². The summed E-state index contributed by atoms with van der Waals surface area (Å²) in [5, 5.41) is 12.3. The fourth-order valence-corrected chi connectivity index (χ4v) is 5.49. The fourth-order valence-electron chi connectivity index (χ4n) is 3.11. The first-order chi connectivity index (χ1) is 15.0. The predicted octanol–water partition coefficient (Wildman–Crippen LogP) is 2.86. The summed E-state index contributed by atoms with van der Waals surface area (Å²) in [5.41, 5.74) is 0.685. The largest absolute Gasteiger partial charge is 0.321 e. The molecule has 0 aliphatic carbocycles. The zero-order chi connectivity index (χ0) is 22.0. The highest BCUT2D eigenvalue weighted by molar-refractivity contribution is 8.16. The third-order valence-electron chi connectivity index (χ3n) is 4.50. The van der Waals surface area contributed by atoms with E-state index in [-0.39, 0.29) is 10.6 Å². The lowest BCUT2D eigenvalue weighted by molar-refractivity contribution is -0.122. The molecule has 2 atom stereocenters. The summed E-state index contributed by atoms with van der Waals surface area (Å²) in [6.45, 7) is 0. The van der Waals surface area contributed by atoms with Gasteiger partial charge in [0.15, 0.2) is 0 Å². The number of amides is 4. The summed E-state index contributed by atoms with van der Waals surface area (Å²) in [7, 11) is 0. The third kappa shape index (κ3) is 4.05. The molecule has 0 aromatic heterocycles. The number of nitriles is 1. The average molecular weight is 451 g/mol. The van der Waals surface area contributed by atoms with Crippen molar-refractivity contribution in [2.24, 2.45) is 0 Å². The van der Waals surface area contributed by atoms with E-state index in [1.807, 2.05) is 6.07 Å². The van der Waals surface area contributed by atoms with Crippen molar-refractivity contribution in [1.82, 2.24) is 5.32 Å². The second kappa shape index (κ2) is 8.67. The Bertz CT molecular complexity index is 1140. The molecule has 2 aliphatic heterocycles. The van der Waals surface area contributed by atoms with Gasteiger partial charge < -0.3 is 5.32 Å². The van der Waals surface area contributed by atoms with E-state index >= 15 is 0 Å². The number of hydrogen-bond acceptors (Lipinski definition) is 7. The molecule has 2 heterocycles. The number of nitrogens with zero attached hydrogens (tertiary/aromatic N) is 2. The minimum atomic E-state index is -0.959. The van der Waals surface area contributed by atoms with Crippen molar-refractivity contribution in [1.29, 1.82) is 5.26 Å². The van der Waals surface area contributed by atoms with Crippen LogP contribution >= 0.6 is 23.5 Å². The SMILES string of the molecule is N#CC(C(=O)Nc1ccccc1)=C1SC(C2SC(=O)NC2=O)C(=O)N1c1ccccc1. The lowest BCUT2D eigenvalue weighted by Gasteiger charge is -2.18. The Morgan fingerprint density at radius 1 is 0.968 bits per heavy atom. The highest BCUT2D eigenvalue weighted by atomic mass is 32.2. The van der Waals surface area contributed by atoms with Gasteiger partial charge in [0, 0.05) is 11.4 Å². The Morgan fingerprint density at radius 2 is 1.61 bits per heavy atom. The lowest BCUT2D eigenvalue weighted by Crippen LogP contribution is -2.38. The van der Waals surface area contributed by atoms with Crippen LogP contribution in [0.4, 0.5) is 16.2 Å². The molecular formula is C21H14N4O4S2. The number of anilines is 2. The van der Waals surface area contributed by atoms with Crippen LogP contribution in [-0.4, -0.2) is 33.5 Å². The van der Waals surface area contributed by atoms with Gasteiger partial charge in [-0.2, -0.15) is 5.26 Å². The van der Waals surface area contributed by atoms with Crippen molar-refractivity contribution in [2.75, 3.05) is 10.2 Å². The Hall–Kier alpha value is -3.55. The van der Waals surface area contributed by atoms with Gasteiger partial charge in [-0.25, -0.2) is 0 Å². The van der Waals surface area contributed by atoms with E-state index in [1.165, 1.54) is 4.90 Å². The molecule has 2 unspecified atom stereocenters. The van der Waals surface area contributed by atoms with E-state index in [2.05, 4.69) is 10.6 Å². The van der Waals surface area contributed by atoms with Crippen molar-refractivity contribution < 1.29 is 19.2 Å². The van der Waals surface area contributed by atoms with E-state index in [4.69, 9.17) is 0 Å². The Kier molecular flexibility index (Phi) is 5.79. The summed E-state index contributed by atoms with van der Waals surface area (Å²) in [5.74, 6) is -1.72. The van der Waals surface area contributed by atoms with E-state index in [0.29, 0.717) is 11.4 Å². The predicted molar refractivity (Wildman–Crippen MR) is 118 cm³/mol. The summed E-state index contributed by atoms with van der Waals surface area (Å²) in [6.07, 6.45) is 0. The molecule has 154 valence electrons. The molecule has 8 nitrogen and oxygen atoms in total. The van der Waals surface area contributed by atoms with Crippen LogP contribution in [-0.2, 0) is 14.4 Å². The first kappa shape index (κ1) is 20.7. The Balaban J connectivity index is 1.75. The van der Waals surface area contributed by atoms with Crippen LogP contribution in [0, 0.1) is 11.3 Å². The summed E-state index contributed by atoms with van der Waals surface area (Å²) in [4.78, 5) is 51.2. The number of para-hydroxylation sites is 2. The summed E-state index contributed by atoms with van der Waals surface area (Å²) in [6, 6.07) is 19.0. The van der Waals surface area contributed by atoms with Crippen molar-refractivity contribution in [3.8, 4) is 6.07 Å². The first-order valence-corrected chi connectivity index (χ1v) is 10.8. The van der Waals surface area contributed by atoms with Crippen LogP contribution in [0.2, 0.25) is 0 Å². The van der Waals surface area contributed by atoms with Crippen LogP contribution in [0.5, 0.6) is 0 Å². The molecule has 2 fully saturated rings. The number of hydrogen-bond donors (Lipinski definition) is 2. The second-order valence-electron chi connectivity index (χ2n) is 6.47. The van der Waals surface area contributed by atoms with Crippen LogP contribution in [0.3, 0.4) is 0 Å². The second-order valence-corrected chi connectivity index (χ2v) is 8.72. The molecule has 10 heteroatoms. The van der Waals surface area contributed by atoms with Crippen LogP contribution < -0.4 is 15.5 Å². The highest BCUT2D eigenvalue weighted by Crippen LogP contribution is 2.45. The van der Waals surface area contributed by atoms with E-state index in [0.717, 1.165) is 23.5 Å². The van der Waals surface area contributed by atoms with Gasteiger partial charge >= 0.3 is 0 Å². The molecule has 0 bridgehead atoms. The maximum Gasteiger partial charge on any atom is 0.286 e. The highest BCUT2D eigenvalue weighted by Gasteiger charge is 2.50. The summed E-state index contributed by atoms with van der Waals surface area (Å²) < 4.78 is 0. The van der Waals surface area contributed by atoms with Gasteiger partial charge in [0.25, 0.3) is 11.1 Å². The molecule has 2 saturated heterocycles. The van der Waals surface area contributed by atoms with Crippen LogP contribution in [0.15, 0.2) is 71.3 Å². The molecular weight excluding hydrogens is 436 g/mol. The molecule has 2 aromatic carbocycles. The standard InChI is InChI=1S/C21H14N4O4S2/c22-11-14(17(26)23-12-7-3-1-4-8-12)20-25(13-9-5-2-6-10-13)19(28)16(30-20)15-18(27)24-21(29)31-15/h1-10,15-16H,(H,23,26)(H,24,27,29). The third-order valence-corrected chi connectivity index (χ3v) is 7.06. The Morgan fingerprint density at radius 3 is 2.19 bits per heavy atom. The molecule has 2 aromatic rings. The van der Waals surface area contributed by atoms with Gasteiger partial charge in [-0.3, -0.25) is 29.4 Å². The van der Waals surface area contributed by atoms with Gasteiger partial charge in [0.2, 0.25) is 11.8 Å². The topological polar surface area (TPSA) is 119 Å². The minimum absolute atomic E-state index is 0.116. The maximum absolute atomic E-state index is 13.3. The average Bonchev–Trinajstić information content (AvgIpc) is 3.28. The summed E-state index contributed by atoms with van der Waals surface area (Å²) >= 11 is 1.67. The molecule has 31 heavy (non-hydrogen) atoms. The number of thioether (sulfide) groups is 2. The van der Waals surface area contributed by atoms with Crippen molar-refractivity contribution in [2.45, 2.75) is 10.5 Å². The molecule has 2 aliphatic rings. The fraction of sp³-hybridized carbons (Fsp3) is 0.0952. The van der Waals surface area contributed by atoms with Crippen molar-refractivity contribution in [3.05, 3.63) is 71.3 Å². The number of rotatable bonds is 4. The molecule has 4 amide bonds. The zero-order valence-corrected chi connectivity index (χ0v) is 17.4. The van der Waals surface area contributed by atoms with Gasteiger partial charge in [0.05, 0.1) is 0 Å². The van der Waals surface area contributed by atoms with Gasteiger partial charge in [-0.1, -0.05) is 48.2 Å². The normalized spacial score (nSPS) is 22.2. The van der Waals surface area contributed by atoms with E-state index < -0.39 is 33.5 Å². The van der Waals surface area contributed by atoms with E-state index in [1.54, 1.807) is 60.7 Å². The van der Waals surface area contributed by atoms with Crippen molar-refractivity contribution in [3.63, 3.8) is 0 Å². The Labute approximate surface area is 185 Å².